The molecule has 174 valence electrons. The van der Waals surface area contributed by atoms with Crippen LogP contribution in [0.3, 0.4) is 0 Å². The number of benzene rings is 1. The topological polar surface area (TPSA) is 27.7 Å². The van der Waals surface area contributed by atoms with Gasteiger partial charge in [-0.3, -0.25) is 0 Å². The van der Waals surface area contributed by atoms with E-state index in [0.717, 1.165) is 37.0 Å². The van der Waals surface area contributed by atoms with E-state index < -0.39 is 0 Å². The zero-order valence-corrected chi connectivity index (χ0v) is 20.3. The average molecular weight is 429 g/mol. The fourth-order valence-corrected chi connectivity index (χ4v) is 3.26. The summed E-state index contributed by atoms with van der Waals surface area (Å²) in [6.07, 6.45) is 16.8. The highest BCUT2D eigenvalue weighted by atomic mass is 16.7. The summed E-state index contributed by atoms with van der Waals surface area (Å²) in [6.45, 7) is 11.5. The third-order valence-electron chi connectivity index (χ3n) is 5.23. The molecule has 0 aromatic heterocycles. The van der Waals surface area contributed by atoms with Crippen LogP contribution in [0, 0.1) is 0 Å². The van der Waals surface area contributed by atoms with Crippen LogP contribution >= 0.6 is 0 Å². The van der Waals surface area contributed by atoms with Gasteiger partial charge in [-0.25, -0.2) is 0 Å². The van der Waals surface area contributed by atoms with Crippen LogP contribution in [0.4, 0.5) is 0 Å². The fraction of sp³-hybridized carbons (Fsp3) is 0.571. The minimum Gasteiger partial charge on any atom is -0.497 e. The van der Waals surface area contributed by atoms with Crippen molar-refractivity contribution in [3.05, 3.63) is 65.8 Å². The first-order chi connectivity index (χ1) is 15.1. The number of allylic oxidation sites excluding steroid dienone is 4. The van der Waals surface area contributed by atoms with Gasteiger partial charge in [-0.05, 0) is 65.0 Å². The van der Waals surface area contributed by atoms with Crippen LogP contribution in [0.25, 0.3) is 0 Å². The Bertz CT molecular complexity index is 639. The first kappa shape index (κ1) is 27.2. The molecule has 0 spiro atoms. The van der Waals surface area contributed by atoms with Gasteiger partial charge in [0.1, 0.15) is 5.75 Å². The normalized spacial score (nSPS) is 12.5. The van der Waals surface area contributed by atoms with Gasteiger partial charge in [0.05, 0.1) is 20.3 Å². The SMILES string of the molecule is C=CCCCCCCCCOC(OC/C=C(\C)CCC=C(C)C)c1ccc(OC)cc1. The van der Waals surface area contributed by atoms with Gasteiger partial charge in [0.15, 0.2) is 6.29 Å². The molecule has 0 heterocycles. The van der Waals surface area contributed by atoms with Crippen molar-refractivity contribution in [2.75, 3.05) is 20.3 Å². The first-order valence-electron chi connectivity index (χ1n) is 11.8. The minimum absolute atomic E-state index is 0.347. The Balaban J connectivity index is 2.46. The standard InChI is InChI=1S/C28H44O3/c1-6-7-8-9-10-11-12-13-22-30-28(26-17-19-27(29-5)20-18-26)31-23-21-25(4)16-14-15-24(2)3/h6,15,17-21,28H,1,7-14,16,22-23H2,2-5H3/b25-21+. The highest BCUT2D eigenvalue weighted by Gasteiger charge is 2.12. The Morgan fingerprint density at radius 2 is 1.55 bits per heavy atom. The summed E-state index contributed by atoms with van der Waals surface area (Å²) in [5, 5.41) is 0. The lowest BCUT2D eigenvalue weighted by Gasteiger charge is -2.19. The Kier molecular flexibility index (Phi) is 15.6. The van der Waals surface area contributed by atoms with E-state index in [1.807, 2.05) is 30.3 Å². The van der Waals surface area contributed by atoms with Crippen molar-refractivity contribution in [3.8, 4) is 5.75 Å². The number of hydrogen-bond donors (Lipinski definition) is 0. The van der Waals surface area contributed by atoms with Crippen molar-refractivity contribution in [1.29, 1.82) is 0 Å². The highest BCUT2D eigenvalue weighted by Crippen LogP contribution is 2.23. The van der Waals surface area contributed by atoms with E-state index in [2.05, 4.69) is 39.5 Å². The van der Waals surface area contributed by atoms with Gasteiger partial charge in [-0.15, -0.1) is 6.58 Å². The second-order valence-corrected chi connectivity index (χ2v) is 8.38. The van der Waals surface area contributed by atoms with Crippen molar-refractivity contribution >= 4 is 0 Å². The van der Waals surface area contributed by atoms with E-state index >= 15 is 0 Å². The second kappa shape index (κ2) is 17.8. The van der Waals surface area contributed by atoms with E-state index in [1.165, 1.54) is 43.3 Å². The Morgan fingerprint density at radius 3 is 2.19 bits per heavy atom. The molecule has 3 nitrogen and oxygen atoms in total. The summed E-state index contributed by atoms with van der Waals surface area (Å²) in [6, 6.07) is 7.96. The molecule has 1 unspecified atom stereocenters. The molecule has 0 saturated carbocycles. The van der Waals surface area contributed by atoms with E-state index in [9.17, 15) is 0 Å². The molecule has 1 aromatic carbocycles. The van der Waals surface area contributed by atoms with Crippen LogP contribution in [0.15, 0.2) is 60.2 Å². The molecule has 0 radical (unpaired) electrons. The molecule has 1 rings (SSSR count). The van der Waals surface area contributed by atoms with Crippen LogP contribution in [0.1, 0.15) is 90.4 Å². The third kappa shape index (κ3) is 14.0. The predicted molar refractivity (Wildman–Crippen MR) is 133 cm³/mol. The van der Waals surface area contributed by atoms with Crippen LogP contribution < -0.4 is 4.74 Å². The molecule has 0 fully saturated rings. The Hall–Kier alpha value is -1.84. The van der Waals surface area contributed by atoms with Crippen molar-refractivity contribution in [1.82, 2.24) is 0 Å². The zero-order chi connectivity index (χ0) is 22.7. The maximum Gasteiger partial charge on any atom is 0.184 e. The Labute approximate surface area is 191 Å². The quantitative estimate of drug-likeness (QED) is 0.134. The summed E-state index contributed by atoms with van der Waals surface area (Å²) < 4.78 is 17.5. The third-order valence-corrected chi connectivity index (χ3v) is 5.23. The second-order valence-electron chi connectivity index (χ2n) is 8.38. The van der Waals surface area contributed by atoms with Gasteiger partial charge in [-0.2, -0.15) is 0 Å². The van der Waals surface area contributed by atoms with E-state index in [4.69, 9.17) is 14.2 Å². The minimum atomic E-state index is -0.347. The van der Waals surface area contributed by atoms with Crippen molar-refractivity contribution in [2.24, 2.45) is 0 Å². The lowest BCUT2D eigenvalue weighted by molar-refractivity contribution is -0.140. The molecule has 0 aliphatic rings. The van der Waals surface area contributed by atoms with Crippen molar-refractivity contribution < 1.29 is 14.2 Å². The van der Waals surface area contributed by atoms with Gasteiger partial charge >= 0.3 is 0 Å². The number of unbranched alkanes of at least 4 members (excludes halogenated alkanes) is 6. The summed E-state index contributed by atoms with van der Waals surface area (Å²) >= 11 is 0. The van der Waals surface area contributed by atoms with Crippen LogP contribution in [-0.4, -0.2) is 20.3 Å². The van der Waals surface area contributed by atoms with Crippen LogP contribution in [-0.2, 0) is 9.47 Å². The molecule has 0 amide bonds. The van der Waals surface area contributed by atoms with Crippen molar-refractivity contribution in [3.63, 3.8) is 0 Å². The van der Waals surface area contributed by atoms with Gasteiger partial charge in [-0.1, -0.05) is 67.2 Å². The molecular formula is C28H44O3. The fourth-order valence-electron chi connectivity index (χ4n) is 3.26. The van der Waals surface area contributed by atoms with Gasteiger partial charge in [0, 0.05) is 5.56 Å². The number of ether oxygens (including phenoxy) is 3. The maximum atomic E-state index is 6.13. The monoisotopic (exact) mass is 428 g/mol. The van der Waals surface area contributed by atoms with Gasteiger partial charge in [0.2, 0.25) is 0 Å². The number of methoxy groups -OCH3 is 1. The van der Waals surface area contributed by atoms with Gasteiger partial charge < -0.3 is 14.2 Å². The molecular weight excluding hydrogens is 384 g/mol. The maximum absolute atomic E-state index is 6.13. The summed E-state index contributed by atoms with van der Waals surface area (Å²) in [5.41, 5.74) is 3.75. The molecule has 0 aliphatic carbocycles. The molecule has 0 N–H and O–H groups in total. The smallest absolute Gasteiger partial charge is 0.184 e. The average Bonchev–Trinajstić information content (AvgIpc) is 2.76. The number of rotatable bonds is 18. The zero-order valence-electron chi connectivity index (χ0n) is 20.3. The molecule has 1 atom stereocenters. The highest BCUT2D eigenvalue weighted by molar-refractivity contribution is 5.27. The first-order valence-corrected chi connectivity index (χ1v) is 11.8. The summed E-state index contributed by atoms with van der Waals surface area (Å²) in [5.74, 6) is 0.842. The summed E-state index contributed by atoms with van der Waals surface area (Å²) in [7, 11) is 1.68. The lowest BCUT2D eigenvalue weighted by Crippen LogP contribution is -2.10. The summed E-state index contributed by atoms with van der Waals surface area (Å²) in [4.78, 5) is 0. The van der Waals surface area contributed by atoms with Gasteiger partial charge in [0.25, 0.3) is 0 Å². The molecule has 31 heavy (non-hydrogen) atoms. The molecule has 3 heteroatoms. The molecule has 0 saturated heterocycles. The van der Waals surface area contributed by atoms with Crippen LogP contribution in [0.5, 0.6) is 5.75 Å². The van der Waals surface area contributed by atoms with E-state index in [0.29, 0.717) is 13.2 Å². The van der Waals surface area contributed by atoms with E-state index in [-0.39, 0.29) is 6.29 Å². The largest absolute Gasteiger partial charge is 0.497 e. The molecule has 0 bridgehead atoms. The van der Waals surface area contributed by atoms with Crippen LogP contribution in [0.2, 0.25) is 0 Å². The van der Waals surface area contributed by atoms with Crippen molar-refractivity contribution in [2.45, 2.75) is 84.8 Å². The molecule has 0 aliphatic heterocycles. The Morgan fingerprint density at radius 1 is 0.871 bits per heavy atom. The lowest BCUT2D eigenvalue weighted by atomic mass is 10.1. The predicted octanol–water partition coefficient (Wildman–Crippen LogP) is 8.34. The number of hydrogen-bond acceptors (Lipinski definition) is 3. The molecule has 1 aromatic rings. The van der Waals surface area contributed by atoms with E-state index in [1.54, 1.807) is 7.11 Å².